The molecule has 7 nitrogen and oxygen atoms in total. The third kappa shape index (κ3) is 2.81. The lowest BCUT2D eigenvalue weighted by Gasteiger charge is -2.50. The molecule has 1 aliphatic carbocycles. The summed E-state index contributed by atoms with van der Waals surface area (Å²) < 4.78 is 0. The van der Waals surface area contributed by atoms with E-state index in [2.05, 4.69) is 44.5 Å². The molecule has 0 radical (unpaired) electrons. The number of H-pyrrole nitrogens is 1. The molecule has 28 heavy (non-hydrogen) atoms. The summed E-state index contributed by atoms with van der Waals surface area (Å²) in [5.74, 6) is 0.731. The molecule has 2 aromatic rings. The van der Waals surface area contributed by atoms with Gasteiger partial charge in [-0.1, -0.05) is 6.08 Å². The Labute approximate surface area is 164 Å². The maximum atomic E-state index is 11.6. The Morgan fingerprint density at radius 1 is 1.43 bits per heavy atom. The quantitative estimate of drug-likeness (QED) is 0.753. The minimum Gasteiger partial charge on any atom is -0.346 e. The lowest BCUT2D eigenvalue weighted by molar-refractivity contribution is -0.107. The second-order valence-electron chi connectivity index (χ2n) is 8.10. The van der Waals surface area contributed by atoms with Crippen LogP contribution in [0.15, 0.2) is 24.4 Å². The Morgan fingerprint density at radius 2 is 2.29 bits per heavy atom. The van der Waals surface area contributed by atoms with Gasteiger partial charge in [-0.2, -0.15) is 5.26 Å². The summed E-state index contributed by atoms with van der Waals surface area (Å²) in [4.78, 5) is 23.7. The highest BCUT2D eigenvalue weighted by Crippen LogP contribution is 2.36. The molecule has 7 heteroatoms. The lowest BCUT2D eigenvalue weighted by Crippen LogP contribution is -2.69. The SMILES string of the molecule is N#CCC1(N2CC=C(c3cc(N(C=O)C4CC4)nc4[nH]ccc34)CC2)CNC1. The summed E-state index contributed by atoms with van der Waals surface area (Å²) in [6, 6.07) is 6.78. The normalized spacial score (nSPS) is 21.6. The van der Waals surface area contributed by atoms with Gasteiger partial charge in [-0.15, -0.1) is 0 Å². The van der Waals surface area contributed by atoms with Crippen LogP contribution in [0.3, 0.4) is 0 Å². The molecule has 0 spiro atoms. The number of pyridine rings is 1. The van der Waals surface area contributed by atoms with E-state index in [9.17, 15) is 10.1 Å². The molecule has 1 saturated heterocycles. The molecular formula is C21H24N6O. The summed E-state index contributed by atoms with van der Waals surface area (Å²) in [5.41, 5.74) is 3.27. The number of hydrogen-bond donors (Lipinski definition) is 2. The van der Waals surface area contributed by atoms with E-state index in [1.807, 2.05) is 6.20 Å². The summed E-state index contributed by atoms with van der Waals surface area (Å²) in [6.45, 7) is 3.57. The molecule has 1 saturated carbocycles. The predicted octanol–water partition coefficient (Wildman–Crippen LogP) is 2.03. The number of rotatable bonds is 6. The lowest BCUT2D eigenvalue weighted by atomic mass is 9.85. The van der Waals surface area contributed by atoms with Gasteiger partial charge in [0.1, 0.15) is 11.5 Å². The van der Waals surface area contributed by atoms with E-state index in [1.54, 1.807) is 4.90 Å². The van der Waals surface area contributed by atoms with Crippen LogP contribution in [0, 0.1) is 11.3 Å². The number of aromatic amines is 1. The van der Waals surface area contributed by atoms with Crippen molar-refractivity contribution in [1.82, 2.24) is 20.2 Å². The zero-order chi connectivity index (χ0) is 19.1. The number of aromatic nitrogens is 2. The first-order valence-electron chi connectivity index (χ1n) is 9.98. The maximum absolute atomic E-state index is 11.6. The van der Waals surface area contributed by atoms with Gasteiger partial charge in [0.15, 0.2) is 0 Å². The zero-order valence-electron chi connectivity index (χ0n) is 15.8. The summed E-state index contributed by atoms with van der Waals surface area (Å²) in [5, 5.41) is 13.6. The summed E-state index contributed by atoms with van der Waals surface area (Å²) in [6.07, 6.45) is 8.70. The van der Waals surface area contributed by atoms with Crippen LogP contribution in [0.4, 0.5) is 5.82 Å². The molecular weight excluding hydrogens is 352 g/mol. The molecule has 0 bridgehead atoms. The second kappa shape index (κ2) is 6.73. The van der Waals surface area contributed by atoms with Crippen molar-refractivity contribution in [3.05, 3.63) is 30.0 Å². The van der Waals surface area contributed by atoms with E-state index in [1.165, 1.54) is 5.57 Å². The van der Waals surface area contributed by atoms with Crippen LogP contribution in [-0.2, 0) is 4.79 Å². The Morgan fingerprint density at radius 3 is 2.89 bits per heavy atom. The largest absolute Gasteiger partial charge is 0.346 e. The zero-order valence-corrected chi connectivity index (χ0v) is 15.8. The fourth-order valence-corrected chi connectivity index (χ4v) is 4.47. The van der Waals surface area contributed by atoms with Crippen LogP contribution in [0.25, 0.3) is 16.6 Å². The average Bonchev–Trinajstić information content (AvgIpc) is 3.41. The van der Waals surface area contributed by atoms with E-state index in [4.69, 9.17) is 0 Å². The maximum Gasteiger partial charge on any atom is 0.215 e. The third-order valence-corrected chi connectivity index (χ3v) is 6.38. The van der Waals surface area contributed by atoms with Crippen LogP contribution in [0.2, 0.25) is 0 Å². The fourth-order valence-electron chi connectivity index (χ4n) is 4.47. The van der Waals surface area contributed by atoms with Gasteiger partial charge < -0.3 is 10.3 Å². The predicted molar refractivity (Wildman–Crippen MR) is 108 cm³/mol. The molecule has 2 fully saturated rings. The number of anilines is 1. The second-order valence-corrected chi connectivity index (χ2v) is 8.10. The van der Waals surface area contributed by atoms with Gasteiger partial charge in [0.25, 0.3) is 0 Å². The van der Waals surface area contributed by atoms with Gasteiger partial charge in [-0.05, 0) is 42.5 Å². The molecule has 2 aromatic heterocycles. The van der Waals surface area contributed by atoms with Crippen molar-refractivity contribution < 1.29 is 4.79 Å². The van der Waals surface area contributed by atoms with Crippen LogP contribution in [-0.4, -0.2) is 59.0 Å². The highest BCUT2D eigenvalue weighted by molar-refractivity contribution is 5.93. The molecule has 5 rings (SSSR count). The Balaban J connectivity index is 1.47. The van der Waals surface area contributed by atoms with E-state index >= 15 is 0 Å². The Hall–Kier alpha value is -2.69. The number of fused-ring (bicyclic) bond motifs is 1. The van der Waals surface area contributed by atoms with Gasteiger partial charge in [0.2, 0.25) is 6.41 Å². The van der Waals surface area contributed by atoms with Gasteiger partial charge >= 0.3 is 0 Å². The topological polar surface area (TPSA) is 88.1 Å². The van der Waals surface area contributed by atoms with Crippen LogP contribution in [0.5, 0.6) is 0 Å². The summed E-state index contributed by atoms with van der Waals surface area (Å²) >= 11 is 0. The minimum absolute atomic E-state index is 0.0100. The van der Waals surface area contributed by atoms with Gasteiger partial charge in [0.05, 0.1) is 18.0 Å². The molecule has 144 valence electrons. The van der Waals surface area contributed by atoms with Crippen molar-refractivity contribution in [3.63, 3.8) is 0 Å². The van der Waals surface area contributed by atoms with E-state index < -0.39 is 0 Å². The van der Waals surface area contributed by atoms with Crippen LogP contribution in [0.1, 0.15) is 31.2 Å². The number of nitrogens with one attached hydrogen (secondary N) is 2. The molecule has 0 aromatic carbocycles. The number of hydrogen-bond acceptors (Lipinski definition) is 5. The molecule has 3 aliphatic rings. The van der Waals surface area contributed by atoms with E-state index in [0.717, 1.165) is 74.3 Å². The molecule has 2 aliphatic heterocycles. The molecule has 4 heterocycles. The van der Waals surface area contributed by atoms with Crippen molar-refractivity contribution in [2.45, 2.75) is 37.3 Å². The first-order chi connectivity index (χ1) is 13.7. The van der Waals surface area contributed by atoms with Crippen molar-refractivity contribution in [2.24, 2.45) is 0 Å². The standard InChI is InChI=1S/C21H24N6O/c22-7-6-21(12-23-13-21)26-9-4-15(5-10-26)18-11-19(27(14-28)16-1-2-16)25-20-17(18)3-8-24-20/h3-4,8,11,14,16,23H,1-2,5-6,9-10,12-13H2,(H,24,25). The molecule has 1 amide bonds. The number of carbonyl (C=O) groups is 1. The van der Waals surface area contributed by atoms with E-state index in [-0.39, 0.29) is 11.6 Å². The fraction of sp³-hybridized carbons (Fsp3) is 0.476. The average molecular weight is 376 g/mol. The Bertz CT molecular complexity index is 978. The number of carbonyl (C=O) groups excluding carboxylic acids is 1. The highest BCUT2D eigenvalue weighted by Gasteiger charge is 2.42. The van der Waals surface area contributed by atoms with Crippen molar-refractivity contribution >= 4 is 28.8 Å². The van der Waals surface area contributed by atoms with Gasteiger partial charge in [-0.25, -0.2) is 4.98 Å². The smallest absolute Gasteiger partial charge is 0.215 e. The van der Waals surface area contributed by atoms with Crippen molar-refractivity contribution in [2.75, 3.05) is 31.1 Å². The Kier molecular flexibility index (Phi) is 4.18. The van der Waals surface area contributed by atoms with E-state index in [0.29, 0.717) is 6.42 Å². The molecule has 2 N–H and O–H groups in total. The van der Waals surface area contributed by atoms with Gasteiger partial charge in [-0.3, -0.25) is 14.6 Å². The monoisotopic (exact) mass is 376 g/mol. The molecule has 0 unspecified atom stereocenters. The highest BCUT2D eigenvalue weighted by atomic mass is 16.1. The number of amides is 1. The number of nitrogens with zero attached hydrogens (tertiary/aromatic N) is 4. The first-order valence-corrected chi connectivity index (χ1v) is 9.98. The molecule has 0 atom stereocenters. The van der Waals surface area contributed by atoms with Gasteiger partial charge in [0, 0.05) is 43.8 Å². The third-order valence-electron chi connectivity index (χ3n) is 6.38. The van der Waals surface area contributed by atoms with Crippen LogP contribution < -0.4 is 10.2 Å². The summed E-state index contributed by atoms with van der Waals surface area (Å²) in [7, 11) is 0. The van der Waals surface area contributed by atoms with Crippen molar-refractivity contribution in [3.8, 4) is 6.07 Å². The van der Waals surface area contributed by atoms with Crippen molar-refractivity contribution in [1.29, 1.82) is 5.26 Å². The number of nitriles is 1. The van der Waals surface area contributed by atoms with Crippen LogP contribution >= 0.6 is 0 Å². The minimum atomic E-state index is -0.0100. The first kappa shape index (κ1) is 17.4.